The maximum absolute atomic E-state index is 13.0. The van der Waals surface area contributed by atoms with Gasteiger partial charge in [0.25, 0.3) is 5.91 Å². The molecule has 1 N–H and O–H groups in total. The van der Waals surface area contributed by atoms with Crippen molar-refractivity contribution >= 4 is 22.8 Å². The number of nitrogens with zero attached hydrogens (tertiary/aromatic N) is 1. The molecule has 1 amide bonds. The van der Waals surface area contributed by atoms with Gasteiger partial charge in [0.05, 0.1) is 23.9 Å². The van der Waals surface area contributed by atoms with E-state index in [1.165, 1.54) is 0 Å². The number of hydrogen-bond donors (Lipinski definition) is 1. The van der Waals surface area contributed by atoms with Crippen LogP contribution in [0.1, 0.15) is 47.1 Å². The quantitative estimate of drug-likeness (QED) is 0.687. The molecule has 1 atom stereocenters. The molecule has 28 heavy (non-hydrogen) atoms. The number of rotatable bonds is 5. The minimum absolute atomic E-state index is 0.251. The van der Waals surface area contributed by atoms with Crippen LogP contribution in [0.3, 0.4) is 0 Å². The van der Waals surface area contributed by atoms with Crippen LogP contribution in [0.25, 0.3) is 10.9 Å². The van der Waals surface area contributed by atoms with Gasteiger partial charge < -0.3 is 14.5 Å². The van der Waals surface area contributed by atoms with Gasteiger partial charge in [-0.15, -0.1) is 0 Å². The first-order valence-corrected chi connectivity index (χ1v) is 9.55. The molecule has 1 aromatic carbocycles. The number of pyridine rings is 1. The molecule has 6 heteroatoms. The Hall–Kier alpha value is -3.15. The Kier molecular flexibility index (Phi) is 5.10. The molecule has 6 nitrogen and oxygen atoms in total. The van der Waals surface area contributed by atoms with Crippen LogP contribution < -0.4 is 5.32 Å². The van der Waals surface area contributed by atoms with E-state index in [1.807, 2.05) is 24.3 Å². The van der Waals surface area contributed by atoms with Gasteiger partial charge in [-0.3, -0.25) is 9.78 Å². The van der Waals surface area contributed by atoms with Crippen LogP contribution >= 0.6 is 0 Å². The highest BCUT2D eigenvalue weighted by Gasteiger charge is 2.26. The van der Waals surface area contributed by atoms with Gasteiger partial charge in [0, 0.05) is 11.1 Å². The summed E-state index contributed by atoms with van der Waals surface area (Å²) in [7, 11) is 0. The zero-order chi connectivity index (χ0) is 19.5. The highest BCUT2D eigenvalue weighted by molar-refractivity contribution is 6.05. The molecule has 3 aromatic rings. The summed E-state index contributed by atoms with van der Waals surface area (Å²) in [6, 6.07) is 11.1. The van der Waals surface area contributed by atoms with Crippen LogP contribution in [-0.2, 0) is 28.9 Å². The Morgan fingerprint density at radius 2 is 2.00 bits per heavy atom. The lowest BCUT2D eigenvalue weighted by Gasteiger charge is -2.21. The molecule has 0 unspecified atom stereocenters. The Bertz CT molecular complexity index is 1010. The summed E-state index contributed by atoms with van der Waals surface area (Å²) in [4.78, 5) is 30.1. The number of hydrogen-bond acceptors (Lipinski definition) is 5. The van der Waals surface area contributed by atoms with Gasteiger partial charge in [-0.2, -0.15) is 0 Å². The third-order valence-electron chi connectivity index (χ3n) is 5.04. The smallest absolute Gasteiger partial charge is 0.339 e. The molecule has 0 saturated heterocycles. The molecule has 1 aliphatic carbocycles. The summed E-state index contributed by atoms with van der Waals surface area (Å²) in [5.41, 5.74) is 3.25. The second-order valence-electron chi connectivity index (χ2n) is 6.98. The Balaban J connectivity index is 1.55. The highest BCUT2D eigenvalue weighted by atomic mass is 16.5. The largest absolute Gasteiger partial charge is 0.467 e. The monoisotopic (exact) mass is 378 g/mol. The number of aryl methyl sites for hydroxylation is 1. The fourth-order valence-electron chi connectivity index (χ4n) is 3.61. The van der Waals surface area contributed by atoms with Gasteiger partial charge >= 0.3 is 5.97 Å². The fourth-order valence-corrected chi connectivity index (χ4v) is 3.61. The van der Waals surface area contributed by atoms with E-state index in [9.17, 15) is 9.59 Å². The average molecular weight is 378 g/mol. The molecule has 0 saturated carbocycles. The number of furan rings is 1. The van der Waals surface area contributed by atoms with E-state index < -0.39 is 12.1 Å². The van der Waals surface area contributed by atoms with Crippen LogP contribution in [0.4, 0.5) is 0 Å². The first kappa shape index (κ1) is 18.2. The number of esters is 1. The molecule has 0 aliphatic heterocycles. The molecule has 0 radical (unpaired) electrons. The van der Waals surface area contributed by atoms with E-state index in [0.717, 1.165) is 47.8 Å². The summed E-state index contributed by atoms with van der Waals surface area (Å²) >= 11 is 0. The second kappa shape index (κ2) is 7.84. The van der Waals surface area contributed by atoms with Crippen molar-refractivity contribution < 1.29 is 18.7 Å². The van der Waals surface area contributed by atoms with Crippen LogP contribution in [0.15, 0.2) is 47.1 Å². The first-order valence-electron chi connectivity index (χ1n) is 9.55. The van der Waals surface area contributed by atoms with E-state index in [4.69, 9.17) is 14.1 Å². The number of aromatic nitrogens is 1. The standard InChI is InChI=1S/C22H22N2O4/c1-14(21(25)23-13-15-7-6-12-27-15)28-22(26)20-16-8-2-4-10-18(16)24-19-11-5-3-9-17(19)20/h2,4,6-8,10,12,14H,3,5,9,11,13H2,1H3,(H,23,25)/t14-/m0/s1. The van der Waals surface area contributed by atoms with E-state index in [2.05, 4.69) is 5.32 Å². The molecule has 4 rings (SSSR count). The van der Waals surface area contributed by atoms with Gasteiger partial charge in [-0.05, 0) is 56.4 Å². The highest BCUT2D eigenvalue weighted by Crippen LogP contribution is 2.30. The zero-order valence-electron chi connectivity index (χ0n) is 15.7. The average Bonchev–Trinajstić information content (AvgIpc) is 3.23. The third kappa shape index (κ3) is 3.63. The summed E-state index contributed by atoms with van der Waals surface area (Å²) < 4.78 is 10.7. The molecular weight excluding hydrogens is 356 g/mol. The van der Waals surface area contributed by atoms with Crippen LogP contribution in [0.2, 0.25) is 0 Å². The van der Waals surface area contributed by atoms with Gasteiger partial charge in [-0.25, -0.2) is 4.79 Å². The molecule has 144 valence electrons. The number of para-hydroxylation sites is 1. The van der Waals surface area contributed by atoms with Crippen molar-refractivity contribution in [2.75, 3.05) is 0 Å². The summed E-state index contributed by atoms with van der Waals surface area (Å²) in [6.07, 6.45) is 4.39. The van der Waals surface area contributed by atoms with E-state index in [-0.39, 0.29) is 12.5 Å². The fraction of sp³-hybridized carbons (Fsp3) is 0.318. The number of benzene rings is 1. The van der Waals surface area contributed by atoms with Crippen molar-refractivity contribution in [2.45, 2.75) is 45.3 Å². The maximum Gasteiger partial charge on any atom is 0.339 e. The Labute approximate surface area is 162 Å². The number of carbonyl (C=O) groups excluding carboxylic acids is 2. The van der Waals surface area contributed by atoms with Gasteiger partial charge in [-0.1, -0.05) is 18.2 Å². The summed E-state index contributed by atoms with van der Waals surface area (Å²) in [6.45, 7) is 1.83. The van der Waals surface area contributed by atoms with Gasteiger partial charge in [0.1, 0.15) is 5.76 Å². The molecule has 2 aromatic heterocycles. The predicted octanol–water partition coefficient (Wildman–Crippen LogP) is 3.57. The predicted molar refractivity (Wildman–Crippen MR) is 104 cm³/mol. The number of ether oxygens (including phenoxy) is 1. The van der Waals surface area contributed by atoms with Crippen molar-refractivity contribution in [1.82, 2.24) is 10.3 Å². The molecule has 0 fully saturated rings. The van der Waals surface area contributed by atoms with Crippen LogP contribution in [0, 0.1) is 0 Å². The third-order valence-corrected chi connectivity index (χ3v) is 5.04. The topological polar surface area (TPSA) is 81.4 Å². The lowest BCUT2D eigenvalue weighted by atomic mass is 9.90. The van der Waals surface area contributed by atoms with E-state index >= 15 is 0 Å². The number of nitrogens with one attached hydrogen (secondary N) is 1. The van der Waals surface area contributed by atoms with E-state index in [1.54, 1.807) is 25.3 Å². The van der Waals surface area contributed by atoms with Gasteiger partial charge in [0.2, 0.25) is 0 Å². The van der Waals surface area contributed by atoms with Crippen LogP contribution in [0.5, 0.6) is 0 Å². The molecule has 0 bridgehead atoms. The van der Waals surface area contributed by atoms with Crippen molar-refractivity contribution in [3.8, 4) is 0 Å². The SMILES string of the molecule is C[C@H](OC(=O)c1c2c(nc3ccccc13)CCCC2)C(=O)NCc1ccco1. The summed E-state index contributed by atoms with van der Waals surface area (Å²) in [5.74, 6) is -0.199. The van der Waals surface area contributed by atoms with Gasteiger partial charge in [0.15, 0.2) is 6.10 Å². The maximum atomic E-state index is 13.0. The molecular formula is C22H22N2O4. The minimum atomic E-state index is -0.909. The Morgan fingerprint density at radius 1 is 1.18 bits per heavy atom. The second-order valence-corrected chi connectivity index (χ2v) is 6.98. The lowest BCUT2D eigenvalue weighted by Crippen LogP contribution is -2.35. The molecule has 2 heterocycles. The van der Waals surface area contributed by atoms with Crippen molar-refractivity contribution in [3.63, 3.8) is 0 Å². The van der Waals surface area contributed by atoms with Crippen LogP contribution in [-0.4, -0.2) is 23.0 Å². The number of carbonyl (C=O) groups is 2. The van der Waals surface area contributed by atoms with E-state index in [0.29, 0.717) is 11.3 Å². The number of amides is 1. The van der Waals surface area contributed by atoms with Crippen molar-refractivity contribution in [2.24, 2.45) is 0 Å². The van der Waals surface area contributed by atoms with Crippen molar-refractivity contribution in [1.29, 1.82) is 0 Å². The molecule has 1 aliphatic rings. The Morgan fingerprint density at radius 3 is 2.82 bits per heavy atom. The first-order chi connectivity index (χ1) is 13.6. The van der Waals surface area contributed by atoms with Crippen molar-refractivity contribution in [3.05, 3.63) is 65.2 Å². The zero-order valence-corrected chi connectivity index (χ0v) is 15.7. The summed E-state index contributed by atoms with van der Waals surface area (Å²) in [5, 5.41) is 3.49. The number of fused-ring (bicyclic) bond motifs is 2. The minimum Gasteiger partial charge on any atom is -0.467 e. The lowest BCUT2D eigenvalue weighted by molar-refractivity contribution is -0.129. The molecule has 0 spiro atoms. The normalized spacial score (nSPS) is 14.3.